The van der Waals surface area contributed by atoms with Gasteiger partial charge in [0.25, 0.3) is 0 Å². The maximum atomic E-state index is 10.8. The summed E-state index contributed by atoms with van der Waals surface area (Å²) in [4.78, 5) is 12.3. The van der Waals surface area contributed by atoms with E-state index >= 15 is 0 Å². The van der Waals surface area contributed by atoms with E-state index < -0.39 is 5.97 Å². The summed E-state index contributed by atoms with van der Waals surface area (Å²) in [6.07, 6.45) is 3.32. The highest BCUT2D eigenvalue weighted by molar-refractivity contribution is 5.85. The van der Waals surface area contributed by atoms with Crippen molar-refractivity contribution in [3.8, 4) is 0 Å². The number of nitrogens with zero attached hydrogens (tertiary/aromatic N) is 4. The molecule has 0 unspecified atom stereocenters. The summed E-state index contributed by atoms with van der Waals surface area (Å²) in [5, 5.41) is 16.9. The van der Waals surface area contributed by atoms with Gasteiger partial charge in [0.2, 0.25) is 0 Å². The van der Waals surface area contributed by atoms with E-state index in [0.717, 1.165) is 5.69 Å². The fourth-order valence-electron chi connectivity index (χ4n) is 1.38. The monoisotopic (exact) mass is 206 g/mol. The highest BCUT2D eigenvalue weighted by Gasteiger charge is 2.09. The number of carbonyl (C=O) groups is 1. The van der Waals surface area contributed by atoms with Gasteiger partial charge in [0, 0.05) is 13.2 Å². The molecule has 1 N–H and O–H groups in total. The Labute approximate surface area is 85.8 Å². The third kappa shape index (κ3) is 1.88. The van der Waals surface area contributed by atoms with Crippen molar-refractivity contribution in [3.05, 3.63) is 35.9 Å². The number of hydrogen-bond donors (Lipinski definition) is 1. The fourth-order valence-corrected chi connectivity index (χ4v) is 1.38. The zero-order chi connectivity index (χ0) is 10.8. The molecule has 0 spiro atoms. The van der Waals surface area contributed by atoms with Crippen molar-refractivity contribution in [2.75, 3.05) is 0 Å². The third-order valence-electron chi connectivity index (χ3n) is 2.03. The topological polar surface area (TPSA) is 72.9 Å². The van der Waals surface area contributed by atoms with Crippen LogP contribution in [0, 0.1) is 0 Å². The normalized spacial score (nSPS) is 10.5. The Balaban J connectivity index is 2.24. The summed E-state index contributed by atoms with van der Waals surface area (Å²) in [6.45, 7) is 0.419. The van der Waals surface area contributed by atoms with E-state index in [-0.39, 0.29) is 5.69 Å². The number of carboxylic acid groups (broad SMARTS) is 1. The molecule has 0 aliphatic carbocycles. The van der Waals surface area contributed by atoms with Crippen LogP contribution in [0.2, 0.25) is 0 Å². The second-order valence-corrected chi connectivity index (χ2v) is 3.15. The lowest BCUT2D eigenvalue weighted by Gasteiger charge is -2.02. The summed E-state index contributed by atoms with van der Waals surface area (Å²) in [5.74, 6) is -0.941. The molecule has 78 valence electrons. The molecular formula is C9H10N4O2. The van der Waals surface area contributed by atoms with Gasteiger partial charge in [-0.15, -0.1) is 0 Å². The van der Waals surface area contributed by atoms with Crippen LogP contribution in [0.25, 0.3) is 0 Å². The highest BCUT2D eigenvalue weighted by Crippen LogP contribution is 2.05. The number of aryl methyl sites for hydroxylation is 1. The van der Waals surface area contributed by atoms with Crippen LogP contribution in [0.5, 0.6) is 0 Å². The van der Waals surface area contributed by atoms with Gasteiger partial charge in [-0.3, -0.25) is 0 Å². The molecule has 0 aromatic carbocycles. The predicted molar refractivity (Wildman–Crippen MR) is 51.5 cm³/mol. The van der Waals surface area contributed by atoms with Crippen LogP contribution in [-0.4, -0.2) is 30.6 Å². The summed E-state index contributed by atoms with van der Waals surface area (Å²) in [7, 11) is 1.72. The molecule has 0 aliphatic rings. The smallest absolute Gasteiger partial charge is 0.352 e. The minimum Gasteiger partial charge on any atom is -0.477 e. The van der Waals surface area contributed by atoms with E-state index in [1.165, 1.54) is 4.80 Å². The molecule has 6 heteroatoms. The van der Waals surface area contributed by atoms with Gasteiger partial charge in [0.05, 0.1) is 12.7 Å². The van der Waals surface area contributed by atoms with Gasteiger partial charge in [-0.1, -0.05) is 0 Å². The van der Waals surface area contributed by atoms with Crippen LogP contribution < -0.4 is 0 Å². The first-order chi connectivity index (χ1) is 7.16. The lowest BCUT2D eigenvalue weighted by molar-refractivity contribution is 0.0685. The van der Waals surface area contributed by atoms with Gasteiger partial charge in [0.1, 0.15) is 11.4 Å². The van der Waals surface area contributed by atoms with Gasteiger partial charge in [-0.2, -0.15) is 15.0 Å². The minimum atomic E-state index is -0.941. The Morgan fingerprint density at radius 2 is 2.40 bits per heavy atom. The van der Waals surface area contributed by atoms with Crippen molar-refractivity contribution in [1.29, 1.82) is 0 Å². The van der Waals surface area contributed by atoms with Gasteiger partial charge in [-0.05, 0) is 12.1 Å². The number of aromatic carboxylic acids is 1. The van der Waals surface area contributed by atoms with E-state index in [1.807, 2.05) is 0 Å². The number of hydrogen-bond acceptors (Lipinski definition) is 3. The second kappa shape index (κ2) is 3.56. The Kier molecular flexibility index (Phi) is 2.24. The molecule has 0 atom stereocenters. The third-order valence-corrected chi connectivity index (χ3v) is 2.03. The molecule has 0 saturated carbocycles. The summed E-state index contributed by atoms with van der Waals surface area (Å²) >= 11 is 0. The fraction of sp³-hybridized carbons (Fsp3) is 0.222. The lowest BCUT2D eigenvalue weighted by Crippen LogP contribution is -2.09. The molecular weight excluding hydrogens is 196 g/mol. The Hall–Kier alpha value is -2.11. The van der Waals surface area contributed by atoms with Crippen LogP contribution >= 0.6 is 0 Å². The Morgan fingerprint density at radius 3 is 3.00 bits per heavy atom. The molecule has 2 heterocycles. The zero-order valence-corrected chi connectivity index (χ0v) is 8.16. The first-order valence-corrected chi connectivity index (χ1v) is 4.40. The predicted octanol–water partition coefficient (Wildman–Crippen LogP) is 0.363. The molecule has 6 nitrogen and oxygen atoms in total. The maximum Gasteiger partial charge on any atom is 0.352 e. The molecule has 15 heavy (non-hydrogen) atoms. The second-order valence-electron chi connectivity index (χ2n) is 3.15. The van der Waals surface area contributed by atoms with E-state index in [1.54, 1.807) is 36.1 Å². The number of carboxylic acids is 1. The molecule has 0 radical (unpaired) electrons. The Morgan fingerprint density at radius 1 is 1.60 bits per heavy atom. The van der Waals surface area contributed by atoms with Crippen LogP contribution in [0.15, 0.2) is 24.5 Å². The van der Waals surface area contributed by atoms with Crippen LogP contribution in [0.4, 0.5) is 0 Å². The maximum absolute atomic E-state index is 10.8. The molecule has 0 aliphatic heterocycles. The van der Waals surface area contributed by atoms with Gasteiger partial charge >= 0.3 is 5.97 Å². The van der Waals surface area contributed by atoms with Crippen molar-refractivity contribution in [1.82, 2.24) is 19.6 Å². The van der Waals surface area contributed by atoms with Crippen molar-refractivity contribution in [3.63, 3.8) is 0 Å². The van der Waals surface area contributed by atoms with E-state index in [0.29, 0.717) is 6.54 Å². The van der Waals surface area contributed by atoms with Crippen molar-refractivity contribution >= 4 is 5.97 Å². The minimum absolute atomic E-state index is 0.251. The SMILES string of the molecule is Cn1ncc(Cn2cccc2C(=O)O)n1. The van der Waals surface area contributed by atoms with Gasteiger partial charge < -0.3 is 9.67 Å². The van der Waals surface area contributed by atoms with Crippen LogP contribution in [-0.2, 0) is 13.6 Å². The first kappa shape index (κ1) is 9.45. The zero-order valence-electron chi connectivity index (χ0n) is 8.16. The standard InChI is InChI=1S/C9H10N4O2/c1-12-10-5-7(11-12)6-13-4-2-3-8(13)9(14)15/h2-5H,6H2,1H3,(H,14,15). The van der Waals surface area contributed by atoms with Crippen molar-refractivity contribution in [2.24, 2.45) is 7.05 Å². The van der Waals surface area contributed by atoms with Gasteiger partial charge in [0.15, 0.2) is 0 Å². The highest BCUT2D eigenvalue weighted by atomic mass is 16.4. The molecule has 2 aromatic heterocycles. The lowest BCUT2D eigenvalue weighted by atomic mass is 10.4. The largest absolute Gasteiger partial charge is 0.477 e. The summed E-state index contributed by atoms with van der Waals surface area (Å²) < 4.78 is 1.62. The van der Waals surface area contributed by atoms with Crippen molar-refractivity contribution in [2.45, 2.75) is 6.54 Å². The van der Waals surface area contributed by atoms with Crippen LogP contribution in [0.1, 0.15) is 16.2 Å². The van der Waals surface area contributed by atoms with E-state index in [4.69, 9.17) is 5.11 Å². The average molecular weight is 206 g/mol. The number of aromatic nitrogens is 4. The molecule has 0 fully saturated rings. The number of rotatable bonds is 3. The molecule has 2 rings (SSSR count). The van der Waals surface area contributed by atoms with Crippen LogP contribution in [0.3, 0.4) is 0 Å². The van der Waals surface area contributed by atoms with Gasteiger partial charge in [-0.25, -0.2) is 4.79 Å². The molecule has 0 saturated heterocycles. The first-order valence-electron chi connectivity index (χ1n) is 4.40. The summed E-state index contributed by atoms with van der Waals surface area (Å²) in [5.41, 5.74) is 0.983. The van der Waals surface area contributed by atoms with Crippen molar-refractivity contribution < 1.29 is 9.90 Å². The quantitative estimate of drug-likeness (QED) is 0.787. The molecule has 2 aromatic rings. The van der Waals surface area contributed by atoms with E-state index in [2.05, 4.69) is 10.2 Å². The average Bonchev–Trinajstić information content (AvgIpc) is 2.75. The molecule has 0 bridgehead atoms. The molecule has 0 amide bonds. The van der Waals surface area contributed by atoms with E-state index in [9.17, 15) is 4.79 Å². The Bertz CT molecular complexity index is 486. The summed E-state index contributed by atoms with van der Waals surface area (Å²) in [6, 6.07) is 3.25.